The fourth-order valence-electron chi connectivity index (χ4n) is 6.13. The van der Waals surface area contributed by atoms with Crippen molar-refractivity contribution in [1.29, 1.82) is 0 Å². The second kappa shape index (κ2) is 8.26. The molecule has 2 unspecified atom stereocenters. The summed E-state index contributed by atoms with van der Waals surface area (Å²) in [5, 5.41) is 12.6. The molecule has 3 nitrogen and oxygen atoms in total. The maximum atomic E-state index is 13.1. The highest BCUT2D eigenvalue weighted by Gasteiger charge is 2.54. The number of fused-ring (bicyclic) bond motifs is 4. The summed E-state index contributed by atoms with van der Waals surface area (Å²) in [6, 6.07) is 15.2. The fourth-order valence-corrected chi connectivity index (χ4v) is 6.13. The van der Waals surface area contributed by atoms with E-state index in [9.17, 15) is 18.3 Å². The van der Waals surface area contributed by atoms with E-state index in [4.69, 9.17) is 0 Å². The number of benzene rings is 2. The van der Waals surface area contributed by atoms with Crippen molar-refractivity contribution in [2.75, 3.05) is 13.1 Å². The Morgan fingerprint density at radius 2 is 1.88 bits per heavy atom. The molecular weight excluding hydrogens is 425 g/mol. The third-order valence-electron chi connectivity index (χ3n) is 7.82. The molecule has 2 aromatic carbocycles. The summed E-state index contributed by atoms with van der Waals surface area (Å²) in [6.45, 7) is 6.39. The van der Waals surface area contributed by atoms with Crippen LogP contribution in [0.1, 0.15) is 35.6 Å². The summed E-state index contributed by atoms with van der Waals surface area (Å²) in [5.74, 6) is 0.827. The van der Waals surface area contributed by atoms with Crippen LogP contribution in [0.2, 0.25) is 0 Å². The third kappa shape index (κ3) is 3.96. The van der Waals surface area contributed by atoms with E-state index in [1.165, 1.54) is 0 Å². The largest absolute Gasteiger partial charge is 0.416 e. The lowest BCUT2D eigenvalue weighted by Gasteiger charge is -2.58. The van der Waals surface area contributed by atoms with Crippen LogP contribution in [0.4, 0.5) is 13.2 Å². The normalized spacial score (nSPS) is 28.1. The van der Waals surface area contributed by atoms with Crippen molar-refractivity contribution >= 4 is 10.9 Å². The lowest BCUT2D eigenvalue weighted by atomic mass is 9.71. The van der Waals surface area contributed by atoms with E-state index in [1.54, 1.807) is 18.3 Å². The Kier molecular flexibility index (Phi) is 5.53. The average Bonchev–Trinajstić information content (AvgIpc) is 2.83. The number of halogens is 3. The summed E-state index contributed by atoms with van der Waals surface area (Å²) < 4.78 is 39.8. The number of aromatic nitrogens is 1. The highest BCUT2D eigenvalue weighted by molar-refractivity contribution is 5.82. The number of quaternary nitrogens is 1. The Morgan fingerprint density at radius 1 is 1.12 bits per heavy atom. The SMILES string of the molecule is C=CC1C[N@+]2(Cc3ccc(C(F)(F)F)cc3)CC[C@H]1CC2[C@@H](O)c1ccnc2ccccc12. The lowest BCUT2D eigenvalue weighted by Crippen LogP contribution is -2.67. The van der Waals surface area contributed by atoms with Crippen molar-refractivity contribution in [2.24, 2.45) is 11.8 Å². The first-order chi connectivity index (χ1) is 15.8. The van der Waals surface area contributed by atoms with Gasteiger partial charge in [0.1, 0.15) is 18.7 Å². The number of piperidine rings is 3. The predicted molar refractivity (Wildman–Crippen MR) is 122 cm³/mol. The number of para-hydroxylation sites is 1. The van der Waals surface area contributed by atoms with Crippen LogP contribution < -0.4 is 0 Å². The zero-order chi connectivity index (χ0) is 23.2. The molecule has 0 aliphatic carbocycles. The van der Waals surface area contributed by atoms with Crippen molar-refractivity contribution < 1.29 is 22.8 Å². The maximum absolute atomic E-state index is 13.1. The third-order valence-corrected chi connectivity index (χ3v) is 7.82. The Morgan fingerprint density at radius 3 is 2.61 bits per heavy atom. The molecule has 172 valence electrons. The summed E-state index contributed by atoms with van der Waals surface area (Å²) in [5.41, 5.74) is 1.96. The van der Waals surface area contributed by atoms with Gasteiger partial charge in [-0.05, 0) is 35.7 Å². The number of aliphatic hydroxyl groups excluding tert-OH is 1. The van der Waals surface area contributed by atoms with Crippen molar-refractivity contribution in [3.05, 3.63) is 90.1 Å². The molecule has 3 saturated heterocycles. The Hall–Kier alpha value is -2.70. The van der Waals surface area contributed by atoms with Crippen LogP contribution in [0.5, 0.6) is 0 Å². The summed E-state index contributed by atoms with van der Waals surface area (Å²) in [7, 11) is 0. The first kappa shape index (κ1) is 22.1. The van der Waals surface area contributed by atoms with Gasteiger partial charge < -0.3 is 9.59 Å². The number of aliphatic hydroxyl groups is 1. The predicted octanol–water partition coefficient (Wildman–Crippen LogP) is 5.90. The Bertz CT molecular complexity index is 1150. The van der Waals surface area contributed by atoms with Gasteiger partial charge in [-0.1, -0.05) is 36.4 Å². The topological polar surface area (TPSA) is 33.1 Å². The number of hydrogen-bond donors (Lipinski definition) is 1. The van der Waals surface area contributed by atoms with Crippen LogP contribution in [-0.2, 0) is 12.7 Å². The van der Waals surface area contributed by atoms with Crippen molar-refractivity contribution in [3.8, 4) is 0 Å². The molecule has 0 spiro atoms. The van der Waals surface area contributed by atoms with E-state index in [-0.39, 0.29) is 6.04 Å². The number of alkyl halides is 3. The molecule has 33 heavy (non-hydrogen) atoms. The number of hydrogen-bond acceptors (Lipinski definition) is 2. The Labute approximate surface area is 191 Å². The molecule has 0 amide bonds. The number of pyridine rings is 1. The fraction of sp³-hybridized carbons (Fsp3) is 0.370. The highest BCUT2D eigenvalue weighted by atomic mass is 19.4. The Balaban J connectivity index is 1.51. The molecular formula is C27H28F3N2O+. The molecule has 3 fully saturated rings. The van der Waals surface area contributed by atoms with Gasteiger partial charge in [0.15, 0.2) is 0 Å². The van der Waals surface area contributed by atoms with Gasteiger partial charge in [-0.15, -0.1) is 6.58 Å². The van der Waals surface area contributed by atoms with Crippen LogP contribution in [0, 0.1) is 11.8 Å². The number of rotatable bonds is 5. The van der Waals surface area contributed by atoms with Crippen molar-refractivity contribution in [1.82, 2.24) is 4.98 Å². The number of nitrogens with zero attached hydrogens (tertiary/aromatic N) is 2. The smallest absolute Gasteiger partial charge is 0.382 e. The molecule has 3 aromatic rings. The molecule has 3 aliphatic rings. The molecule has 2 bridgehead atoms. The van der Waals surface area contributed by atoms with Crippen LogP contribution >= 0.6 is 0 Å². The molecule has 0 saturated carbocycles. The minimum Gasteiger partial charge on any atom is -0.382 e. The quantitative estimate of drug-likeness (QED) is 0.386. The zero-order valence-electron chi connectivity index (χ0n) is 18.4. The summed E-state index contributed by atoms with van der Waals surface area (Å²) >= 11 is 0. The zero-order valence-corrected chi connectivity index (χ0v) is 18.4. The minimum atomic E-state index is -4.34. The van der Waals surface area contributed by atoms with Gasteiger partial charge in [0.05, 0.1) is 24.2 Å². The van der Waals surface area contributed by atoms with Crippen LogP contribution in [0.3, 0.4) is 0 Å². The van der Waals surface area contributed by atoms with Crippen LogP contribution in [-0.4, -0.2) is 33.7 Å². The first-order valence-electron chi connectivity index (χ1n) is 11.5. The molecule has 1 aromatic heterocycles. The van der Waals surface area contributed by atoms with E-state index >= 15 is 0 Å². The van der Waals surface area contributed by atoms with E-state index in [0.717, 1.165) is 60.1 Å². The lowest BCUT2D eigenvalue weighted by molar-refractivity contribution is -0.984. The summed E-state index contributed by atoms with van der Waals surface area (Å²) in [6.07, 6.45) is 0.648. The van der Waals surface area contributed by atoms with Gasteiger partial charge in [0.25, 0.3) is 0 Å². The van der Waals surface area contributed by atoms with E-state index < -0.39 is 17.8 Å². The molecule has 3 aliphatic heterocycles. The van der Waals surface area contributed by atoms with Gasteiger partial charge in [-0.25, -0.2) is 0 Å². The molecule has 6 heteroatoms. The standard InChI is InChI=1S/C27H28F3N2O/c1-2-19-17-32(16-18-7-9-21(10-8-18)27(28,29)30)14-12-20(19)15-25(32)26(33)23-11-13-31-24-6-4-3-5-22(23)24/h2-11,13,19-20,25-26,33H,1,12,14-17H2/q+1/t19?,20-,25?,26-,32+/m0/s1. The minimum absolute atomic E-state index is 0.0342. The molecule has 4 heterocycles. The van der Waals surface area contributed by atoms with Crippen LogP contribution in [0.15, 0.2) is 73.4 Å². The van der Waals surface area contributed by atoms with E-state index in [1.807, 2.05) is 36.4 Å². The van der Waals surface area contributed by atoms with Gasteiger partial charge in [-0.3, -0.25) is 4.98 Å². The van der Waals surface area contributed by atoms with Crippen LogP contribution in [0.25, 0.3) is 10.9 Å². The molecule has 6 rings (SSSR count). The second-order valence-corrected chi connectivity index (χ2v) is 9.59. The van der Waals surface area contributed by atoms with Crippen molar-refractivity contribution in [2.45, 2.75) is 37.7 Å². The second-order valence-electron chi connectivity index (χ2n) is 9.59. The average molecular weight is 454 g/mol. The van der Waals surface area contributed by atoms with E-state index in [2.05, 4.69) is 11.6 Å². The molecule has 5 atom stereocenters. The monoisotopic (exact) mass is 453 g/mol. The van der Waals surface area contributed by atoms with Crippen molar-refractivity contribution in [3.63, 3.8) is 0 Å². The van der Waals surface area contributed by atoms with Gasteiger partial charge in [0.2, 0.25) is 0 Å². The van der Waals surface area contributed by atoms with Gasteiger partial charge in [-0.2, -0.15) is 13.2 Å². The first-order valence-corrected chi connectivity index (χ1v) is 11.5. The maximum Gasteiger partial charge on any atom is 0.416 e. The molecule has 0 radical (unpaired) electrons. The van der Waals surface area contributed by atoms with Gasteiger partial charge >= 0.3 is 6.18 Å². The van der Waals surface area contributed by atoms with Gasteiger partial charge in [0, 0.05) is 35.9 Å². The highest BCUT2D eigenvalue weighted by Crippen LogP contribution is 2.48. The molecule has 1 N–H and O–H groups in total. The van der Waals surface area contributed by atoms with E-state index in [0.29, 0.717) is 22.9 Å². The summed E-state index contributed by atoms with van der Waals surface area (Å²) in [4.78, 5) is 4.43.